The monoisotopic (exact) mass is 358 g/mol. The van der Waals surface area contributed by atoms with E-state index in [1.807, 2.05) is 25.1 Å². The lowest BCUT2D eigenvalue weighted by Crippen LogP contribution is -2.31. The Morgan fingerprint density at radius 2 is 2.13 bits per heavy atom. The van der Waals surface area contributed by atoms with Crippen LogP contribution in [-0.2, 0) is 11.3 Å². The van der Waals surface area contributed by atoms with E-state index >= 15 is 0 Å². The first-order valence-electron chi connectivity index (χ1n) is 7.66. The van der Waals surface area contributed by atoms with Crippen molar-refractivity contribution < 1.29 is 4.79 Å². The predicted octanol–water partition coefficient (Wildman–Crippen LogP) is 2.72. The van der Waals surface area contributed by atoms with Gasteiger partial charge in [0.1, 0.15) is 5.82 Å². The van der Waals surface area contributed by atoms with E-state index in [2.05, 4.69) is 20.6 Å². The molecule has 0 saturated carbocycles. The van der Waals surface area contributed by atoms with Crippen LogP contribution in [-0.4, -0.2) is 29.0 Å². The standard InChI is InChI=1S/C16H22N4O.2ClH/c1-11-4-2-6-13-15(11)20-14(19-13)10-18-16(21)12-5-3-8-17-9-7-12;;/h2,4,6,12,17H,3,5,7-10H2,1H3,(H,18,21)(H,19,20);2*1H. The molecule has 1 aliphatic rings. The number of fused-ring (bicyclic) bond motifs is 1. The Morgan fingerprint density at radius 3 is 2.91 bits per heavy atom. The average molecular weight is 359 g/mol. The van der Waals surface area contributed by atoms with Crippen molar-refractivity contribution in [1.29, 1.82) is 0 Å². The second-order valence-electron chi connectivity index (χ2n) is 5.75. The summed E-state index contributed by atoms with van der Waals surface area (Å²) in [5.41, 5.74) is 3.16. The van der Waals surface area contributed by atoms with Crippen LogP contribution in [0.1, 0.15) is 30.7 Å². The lowest BCUT2D eigenvalue weighted by Gasteiger charge is -2.12. The average Bonchev–Trinajstić information content (AvgIpc) is 2.71. The van der Waals surface area contributed by atoms with Gasteiger partial charge in [0, 0.05) is 5.92 Å². The number of nitrogens with zero attached hydrogens (tertiary/aromatic N) is 1. The quantitative estimate of drug-likeness (QED) is 0.789. The molecule has 2 aromatic rings. The van der Waals surface area contributed by atoms with Gasteiger partial charge in [-0.15, -0.1) is 24.8 Å². The Morgan fingerprint density at radius 1 is 1.30 bits per heavy atom. The molecular weight excluding hydrogens is 335 g/mol. The highest BCUT2D eigenvalue weighted by atomic mass is 35.5. The number of hydrogen-bond donors (Lipinski definition) is 3. The number of amides is 1. The molecule has 1 saturated heterocycles. The van der Waals surface area contributed by atoms with Gasteiger partial charge in [0.15, 0.2) is 0 Å². The van der Waals surface area contributed by atoms with Crippen LogP contribution in [0.2, 0.25) is 0 Å². The van der Waals surface area contributed by atoms with Crippen molar-refractivity contribution in [3.8, 4) is 0 Å². The first kappa shape index (κ1) is 19.7. The molecule has 0 aliphatic carbocycles. The van der Waals surface area contributed by atoms with Gasteiger partial charge in [0.25, 0.3) is 0 Å². The summed E-state index contributed by atoms with van der Waals surface area (Å²) >= 11 is 0. The lowest BCUT2D eigenvalue weighted by atomic mass is 10.00. The second kappa shape index (κ2) is 9.11. The van der Waals surface area contributed by atoms with Crippen LogP contribution >= 0.6 is 24.8 Å². The van der Waals surface area contributed by atoms with Gasteiger partial charge in [-0.3, -0.25) is 4.79 Å². The first-order valence-corrected chi connectivity index (χ1v) is 7.66. The highest BCUT2D eigenvalue weighted by Crippen LogP contribution is 2.16. The Hall–Kier alpha value is -1.30. The van der Waals surface area contributed by atoms with Crippen LogP contribution in [0.5, 0.6) is 0 Å². The number of carbonyl (C=O) groups excluding carboxylic acids is 1. The molecule has 23 heavy (non-hydrogen) atoms. The Labute approximate surface area is 148 Å². The summed E-state index contributed by atoms with van der Waals surface area (Å²) in [6.45, 7) is 4.47. The number of imidazole rings is 1. The van der Waals surface area contributed by atoms with Crippen molar-refractivity contribution in [3.63, 3.8) is 0 Å². The van der Waals surface area contributed by atoms with E-state index in [0.29, 0.717) is 6.54 Å². The summed E-state index contributed by atoms with van der Waals surface area (Å²) in [5.74, 6) is 1.10. The molecule has 3 rings (SSSR count). The fraction of sp³-hybridized carbons (Fsp3) is 0.500. The molecule has 1 fully saturated rings. The minimum Gasteiger partial charge on any atom is -0.349 e. The Kier molecular flexibility index (Phi) is 7.82. The van der Waals surface area contributed by atoms with E-state index in [4.69, 9.17) is 0 Å². The van der Waals surface area contributed by atoms with Gasteiger partial charge in [-0.25, -0.2) is 4.98 Å². The van der Waals surface area contributed by atoms with Crippen LogP contribution in [0, 0.1) is 12.8 Å². The smallest absolute Gasteiger partial charge is 0.223 e. The Balaban J connectivity index is 0.00000132. The van der Waals surface area contributed by atoms with Gasteiger partial charge < -0.3 is 15.6 Å². The fourth-order valence-corrected chi connectivity index (χ4v) is 2.91. The SMILES string of the molecule is Cc1cccc2[nH]c(CNC(=O)C3CCCNCC3)nc12.Cl.Cl. The zero-order chi connectivity index (χ0) is 14.7. The van der Waals surface area contributed by atoms with Crippen molar-refractivity contribution in [2.24, 2.45) is 5.92 Å². The van der Waals surface area contributed by atoms with E-state index in [1.54, 1.807) is 0 Å². The van der Waals surface area contributed by atoms with Crippen LogP contribution in [0.15, 0.2) is 18.2 Å². The molecule has 7 heteroatoms. The van der Waals surface area contributed by atoms with Crippen molar-refractivity contribution in [3.05, 3.63) is 29.6 Å². The molecule has 1 amide bonds. The molecule has 2 heterocycles. The lowest BCUT2D eigenvalue weighted by molar-refractivity contribution is -0.125. The van der Waals surface area contributed by atoms with Gasteiger partial charge >= 0.3 is 0 Å². The zero-order valence-corrected chi connectivity index (χ0v) is 14.9. The third-order valence-corrected chi connectivity index (χ3v) is 4.14. The maximum atomic E-state index is 12.2. The number of hydrogen-bond acceptors (Lipinski definition) is 3. The van der Waals surface area contributed by atoms with Crippen molar-refractivity contribution >= 4 is 41.8 Å². The highest BCUT2D eigenvalue weighted by molar-refractivity contribution is 5.85. The summed E-state index contributed by atoms with van der Waals surface area (Å²) in [5, 5.41) is 6.35. The van der Waals surface area contributed by atoms with E-state index in [9.17, 15) is 4.79 Å². The van der Waals surface area contributed by atoms with Gasteiger partial charge in [0.2, 0.25) is 5.91 Å². The van der Waals surface area contributed by atoms with Gasteiger partial charge in [-0.2, -0.15) is 0 Å². The van der Waals surface area contributed by atoms with E-state index in [1.165, 1.54) is 0 Å². The summed E-state index contributed by atoms with van der Waals surface area (Å²) in [4.78, 5) is 20.1. The van der Waals surface area contributed by atoms with E-state index < -0.39 is 0 Å². The summed E-state index contributed by atoms with van der Waals surface area (Å²) in [6, 6.07) is 6.07. The van der Waals surface area contributed by atoms with E-state index in [-0.39, 0.29) is 36.6 Å². The normalized spacial score (nSPS) is 17.7. The number of aryl methyl sites for hydroxylation is 1. The first-order chi connectivity index (χ1) is 10.2. The molecule has 5 nitrogen and oxygen atoms in total. The molecule has 0 spiro atoms. The summed E-state index contributed by atoms with van der Waals surface area (Å²) in [6.07, 6.45) is 2.96. The van der Waals surface area contributed by atoms with Gasteiger partial charge in [0.05, 0.1) is 17.6 Å². The third-order valence-electron chi connectivity index (χ3n) is 4.14. The minimum atomic E-state index is 0. The molecule has 1 atom stereocenters. The van der Waals surface area contributed by atoms with Crippen LogP contribution < -0.4 is 10.6 Å². The molecule has 1 unspecified atom stereocenters. The van der Waals surface area contributed by atoms with Crippen molar-refractivity contribution in [2.45, 2.75) is 32.7 Å². The third kappa shape index (κ3) is 4.83. The van der Waals surface area contributed by atoms with Crippen molar-refractivity contribution in [1.82, 2.24) is 20.6 Å². The number of nitrogens with one attached hydrogen (secondary N) is 3. The number of aromatic amines is 1. The number of para-hydroxylation sites is 1. The Bertz CT molecular complexity index is 636. The molecule has 3 N–H and O–H groups in total. The number of H-pyrrole nitrogens is 1. The van der Waals surface area contributed by atoms with Crippen LogP contribution in [0.3, 0.4) is 0 Å². The number of benzene rings is 1. The summed E-state index contributed by atoms with van der Waals surface area (Å²) < 4.78 is 0. The van der Waals surface area contributed by atoms with Crippen LogP contribution in [0.4, 0.5) is 0 Å². The highest BCUT2D eigenvalue weighted by Gasteiger charge is 2.19. The molecule has 0 radical (unpaired) electrons. The van der Waals surface area contributed by atoms with Gasteiger partial charge in [-0.05, 0) is 50.9 Å². The maximum absolute atomic E-state index is 12.2. The second-order valence-corrected chi connectivity index (χ2v) is 5.75. The zero-order valence-electron chi connectivity index (χ0n) is 13.2. The van der Waals surface area contributed by atoms with Crippen molar-refractivity contribution in [2.75, 3.05) is 13.1 Å². The molecule has 1 aromatic carbocycles. The molecule has 0 bridgehead atoms. The molecular formula is C16H24Cl2N4O. The predicted molar refractivity (Wildman–Crippen MR) is 97.4 cm³/mol. The molecule has 1 aliphatic heterocycles. The largest absolute Gasteiger partial charge is 0.349 e. The summed E-state index contributed by atoms with van der Waals surface area (Å²) in [7, 11) is 0. The number of aromatic nitrogens is 2. The fourth-order valence-electron chi connectivity index (χ4n) is 2.91. The topological polar surface area (TPSA) is 69.8 Å². The number of carbonyl (C=O) groups is 1. The molecule has 128 valence electrons. The van der Waals surface area contributed by atoms with E-state index in [0.717, 1.165) is 54.8 Å². The minimum absolute atomic E-state index is 0. The number of halogens is 2. The maximum Gasteiger partial charge on any atom is 0.223 e. The van der Waals surface area contributed by atoms with Crippen LogP contribution in [0.25, 0.3) is 11.0 Å². The molecule has 1 aromatic heterocycles. The van der Waals surface area contributed by atoms with Gasteiger partial charge in [-0.1, -0.05) is 12.1 Å². The number of rotatable bonds is 3.